The normalized spacial score (nSPS) is 17.4. The number of nitrogens with two attached hydrogens (primary N) is 1. The number of benzene rings is 2. The van der Waals surface area contributed by atoms with E-state index in [1.54, 1.807) is 48.5 Å². The second-order valence-corrected chi connectivity index (χ2v) is 7.50. The number of nitrogens with one attached hydrogen (secondary N) is 2. The monoisotopic (exact) mass is 461 g/mol. The predicted octanol–water partition coefficient (Wildman–Crippen LogP) is 3.53. The highest BCUT2D eigenvalue weighted by molar-refractivity contribution is 5.95. The average Bonchev–Trinajstić information content (AvgIpc) is 2.78. The molecular formula is C23H28ClN3O5. The molecule has 0 radical (unpaired) electrons. The van der Waals surface area contributed by atoms with Gasteiger partial charge in [-0.2, -0.15) is 0 Å². The minimum atomic E-state index is -0.615. The quantitative estimate of drug-likeness (QED) is 0.249. The molecule has 0 aliphatic heterocycles. The molecule has 32 heavy (non-hydrogen) atoms. The van der Waals surface area contributed by atoms with Gasteiger partial charge in [0.1, 0.15) is 22.8 Å². The summed E-state index contributed by atoms with van der Waals surface area (Å²) < 4.78 is 16.2. The molecule has 8 nitrogen and oxygen atoms in total. The number of rotatable bonds is 7. The third-order valence-corrected chi connectivity index (χ3v) is 5.33. The predicted molar refractivity (Wildman–Crippen MR) is 123 cm³/mol. The van der Waals surface area contributed by atoms with Gasteiger partial charge >= 0.3 is 11.9 Å². The fraction of sp³-hybridized carbons (Fsp3) is 0.348. The van der Waals surface area contributed by atoms with Crippen molar-refractivity contribution in [1.82, 2.24) is 5.32 Å². The first-order valence-electron chi connectivity index (χ1n) is 10.2. The van der Waals surface area contributed by atoms with Crippen molar-refractivity contribution < 1.29 is 23.8 Å². The summed E-state index contributed by atoms with van der Waals surface area (Å²) in [5.41, 5.74) is 5.51. The number of methoxy groups -OCH3 is 1. The van der Waals surface area contributed by atoms with Crippen LogP contribution < -0.4 is 25.3 Å². The van der Waals surface area contributed by atoms with E-state index in [0.29, 0.717) is 36.8 Å². The van der Waals surface area contributed by atoms with Crippen molar-refractivity contribution in [3.8, 4) is 17.2 Å². The van der Waals surface area contributed by atoms with E-state index in [0.717, 1.165) is 12.8 Å². The lowest BCUT2D eigenvalue weighted by atomic mass is 9.82. The number of para-hydroxylation sites is 1. The Labute approximate surface area is 193 Å². The maximum absolute atomic E-state index is 12.7. The molecule has 1 saturated carbocycles. The summed E-state index contributed by atoms with van der Waals surface area (Å²) in [5, 5.41) is 10.1. The third kappa shape index (κ3) is 6.88. The summed E-state index contributed by atoms with van der Waals surface area (Å²) in [6.07, 6.45) is 3.08. The second-order valence-electron chi connectivity index (χ2n) is 7.50. The third-order valence-electron chi connectivity index (χ3n) is 5.33. The Kier molecular flexibility index (Phi) is 9.34. The van der Waals surface area contributed by atoms with Crippen LogP contribution in [0.2, 0.25) is 0 Å². The van der Waals surface area contributed by atoms with Crippen molar-refractivity contribution in [3.63, 3.8) is 0 Å². The first-order chi connectivity index (χ1) is 15.0. The summed E-state index contributed by atoms with van der Waals surface area (Å²) in [7, 11) is 1.53. The van der Waals surface area contributed by atoms with Gasteiger partial charge in [-0.25, -0.2) is 4.79 Å². The topological polar surface area (TPSA) is 124 Å². The molecule has 4 N–H and O–H groups in total. The number of halogens is 1. The lowest BCUT2D eigenvalue weighted by molar-refractivity contribution is -0.140. The molecule has 2 aromatic rings. The summed E-state index contributed by atoms with van der Waals surface area (Å²) in [5.74, 6) is 0.228. The molecule has 3 rings (SSSR count). The molecule has 172 valence electrons. The molecule has 1 aliphatic carbocycles. The zero-order valence-corrected chi connectivity index (χ0v) is 18.7. The van der Waals surface area contributed by atoms with E-state index in [2.05, 4.69) is 5.32 Å². The molecule has 0 heterocycles. The lowest BCUT2D eigenvalue weighted by Gasteiger charge is -2.27. The van der Waals surface area contributed by atoms with Crippen LogP contribution in [0.3, 0.4) is 0 Å². The minimum absolute atomic E-state index is 0. The number of hydrogen-bond donors (Lipinski definition) is 3. The van der Waals surface area contributed by atoms with Gasteiger partial charge in [0.25, 0.3) is 0 Å². The summed E-state index contributed by atoms with van der Waals surface area (Å²) >= 11 is 0. The van der Waals surface area contributed by atoms with Crippen LogP contribution in [-0.2, 0) is 4.79 Å². The van der Waals surface area contributed by atoms with Gasteiger partial charge in [0.2, 0.25) is 0 Å². The van der Waals surface area contributed by atoms with Crippen LogP contribution in [0.15, 0.2) is 48.5 Å². The largest absolute Gasteiger partial charge is 0.497 e. The van der Waals surface area contributed by atoms with Crippen LogP contribution in [0.5, 0.6) is 17.2 Å². The van der Waals surface area contributed by atoms with Crippen molar-refractivity contribution in [2.75, 3.05) is 13.7 Å². The van der Waals surface area contributed by atoms with Crippen molar-refractivity contribution in [2.45, 2.75) is 25.7 Å². The van der Waals surface area contributed by atoms with Gasteiger partial charge in [-0.3, -0.25) is 10.2 Å². The Bertz CT molecular complexity index is 945. The van der Waals surface area contributed by atoms with E-state index < -0.39 is 5.97 Å². The summed E-state index contributed by atoms with van der Waals surface area (Å²) in [4.78, 5) is 25.4. The summed E-state index contributed by atoms with van der Waals surface area (Å²) in [6, 6.07) is 13.3. The molecule has 9 heteroatoms. The Morgan fingerprint density at radius 3 is 2.41 bits per heavy atom. The highest BCUT2D eigenvalue weighted by atomic mass is 35.5. The summed E-state index contributed by atoms with van der Waals surface area (Å²) in [6.45, 7) is 0.635. The Morgan fingerprint density at radius 1 is 1.03 bits per heavy atom. The van der Waals surface area contributed by atoms with E-state index >= 15 is 0 Å². The molecule has 0 unspecified atom stereocenters. The molecule has 2 aromatic carbocycles. The zero-order chi connectivity index (χ0) is 22.2. The van der Waals surface area contributed by atoms with E-state index in [1.165, 1.54) is 7.11 Å². The van der Waals surface area contributed by atoms with Crippen LogP contribution in [0.1, 0.15) is 36.0 Å². The van der Waals surface area contributed by atoms with Gasteiger partial charge in [0.05, 0.1) is 13.0 Å². The fourth-order valence-corrected chi connectivity index (χ4v) is 3.60. The van der Waals surface area contributed by atoms with E-state index in [4.69, 9.17) is 25.4 Å². The van der Waals surface area contributed by atoms with Crippen molar-refractivity contribution in [1.29, 1.82) is 5.41 Å². The highest BCUT2D eigenvalue weighted by Gasteiger charge is 2.29. The average molecular weight is 462 g/mol. The number of guanidine groups is 1. The molecule has 1 fully saturated rings. The maximum atomic E-state index is 12.7. The minimum Gasteiger partial charge on any atom is -0.497 e. The van der Waals surface area contributed by atoms with Gasteiger partial charge in [-0.05, 0) is 55.9 Å². The van der Waals surface area contributed by atoms with Crippen molar-refractivity contribution in [3.05, 3.63) is 54.1 Å². The Balaban J connectivity index is 0.00000363. The van der Waals surface area contributed by atoms with Gasteiger partial charge in [0.15, 0.2) is 5.96 Å². The van der Waals surface area contributed by atoms with Crippen LogP contribution >= 0.6 is 12.4 Å². The molecule has 0 amide bonds. The molecular weight excluding hydrogens is 434 g/mol. The fourth-order valence-electron chi connectivity index (χ4n) is 3.60. The van der Waals surface area contributed by atoms with Gasteiger partial charge < -0.3 is 25.3 Å². The Morgan fingerprint density at radius 2 is 1.72 bits per heavy atom. The molecule has 0 aromatic heterocycles. The maximum Gasteiger partial charge on any atom is 0.347 e. The van der Waals surface area contributed by atoms with Crippen LogP contribution in [0, 0.1) is 17.2 Å². The van der Waals surface area contributed by atoms with Crippen LogP contribution in [-0.4, -0.2) is 31.6 Å². The molecule has 0 saturated heterocycles. The number of carbonyl (C=O) groups excluding carboxylic acids is 2. The molecule has 1 aliphatic rings. The van der Waals surface area contributed by atoms with Gasteiger partial charge in [-0.15, -0.1) is 12.4 Å². The van der Waals surface area contributed by atoms with Gasteiger partial charge in [-0.1, -0.05) is 18.2 Å². The van der Waals surface area contributed by atoms with E-state index in [9.17, 15) is 9.59 Å². The lowest BCUT2D eigenvalue weighted by Crippen LogP contribution is -2.36. The number of ether oxygens (including phenoxy) is 3. The van der Waals surface area contributed by atoms with Gasteiger partial charge in [0, 0.05) is 12.6 Å². The number of esters is 2. The highest BCUT2D eigenvalue weighted by Crippen LogP contribution is 2.31. The smallest absolute Gasteiger partial charge is 0.347 e. The standard InChI is InChI=1S/C23H27N3O5.ClH/c1-29-17-5-4-6-18(13-17)30-22(28)19-7-2-3-8-20(19)31-21(27)16-11-9-15(10-12-16)14-26-23(24)25;/h2-8,13,15-16H,9-12,14H2,1H3,(H4,24,25,26);1H/t15-,16-;. The van der Waals surface area contributed by atoms with E-state index in [-0.39, 0.29) is 41.6 Å². The molecule has 0 atom stereocenters. The molecule has 0 bridgehead atoms. The molecule has 0 spiro atoms. The van der Waals surface area contributed by atoms with Crippen LogP contribution in [0.4, 0.5) is 0 Å². The Hall–Kier alpha value is -3.26. The van der Waals surface area contributed by atoms with E-state index in [1.807, 2.05) is 0 Å². The number of carbonyl (C=O) groups is 2. The first kappa shape index (κ1) is 25.0. The second kappa shape index (κ2) is 12.0. The SMILES string of the molecule is COc1cccc(OC(=O)c2ccccc2OC(=O)[C@H]2CC[C@H](CNC(=N)N)CC2)c1.Cl. The van der Waals surface area contributed by atoms with Crippen LogP contribution in [0.25, 0.3) is 0 Å². The number of hydrogen-bond acceptors (Lipinski definition) is 6. The first-order valence-corrected chi connectivity index (χ1v) is 10.2. The zero-order valence-electron chi connectivity index (χ0n) is 17.8. The van der Waals surface area contributed by atoms with Crippen molar-refractivity contribution >= 4 is 30.3 Å². The van der Waals surface area contributed by atoms with Crippen molar-refractivity contribution in [2.24, 2.45) is 17.6 Å².